The van der Waals surface area contributed by atoms with Gasteiger partial charge in [-0.2, -0.15) is 5.10 Å². The van der Waals surface area contributed by atoms with E-state index in [1.54, 1.807) is 0 Å². The zero-order chi connectivity index (χ0) is 14.7. The fraction of sp³-hybridized carbons (Fsp3) is 0.714. The molecule has 20 heavy (non-hydrogen) atoms. The number of hydrogen-bond donors (Lipinski definition) is 2. The fourth-order valence-electron chi connectivity index (χ4n) is 2.99. The summed E-state index contributed by atoms with van der Waals surface area (Å²) in [5.74, 6) is -0.571. The molecule has 6 heteroatoms. The molecular formula is C14H22BrN3O2. The molecule has 0 aliphatic heterocycles. The second kappa shape index (κ2) is 6.72. The van der Waals surface area contributed by atoms with Crippen molar-refractivity contribution in [1.29, 1.82) is 0 Å². The molecule has 112 valence electrons. The number of rotatable bonds is 6. The molecule has 2 atom stereocenters. The Kier molecular flexibility index (Phi) is 5.21. The molecule has 1 aromatic heterocycles. The van der Waals surface area contributed by atoms with E-state index in [0.717, 1.165) is 48.1 Å². The summed E-state index contributed by atoms with van der Waals surface area (Å²) in [5.41, 5.74) is 2.18. The molecule has 1 fully saturated rings. The zero-order valence-corrected chi connectivity index (χ0v) is 13.6. The highest BCUT2D eigenvalue weighted by atomic mass is 79.9. The van der Waals surface area contributed by atoms with Crippen LogP contribution in [0.4, 0.5) is 0 Å². The van der Waals surface area contributed by atoms with Gasteiger partial charge in [-0.1, -0.05) is 13.3 Å². The first-order chi connectivity index (χ1) is 9.54. The summed E-state index contributed by atoms with van der Waals surface area (Å²) in [7, 11) is 1.94. The van der Waals surface area contributed by atoms with Crippen LogP contribution in [0.5, 0.6) is 0 Å². The van der Waals surface area contributed by atoms with Crippen LogP contribution in [0, 0.1) is 11.8 Å². The summed E-state index contributed by atoms with van der Waals surface area (Å²) >= 11 is 3.59. The van der Waals surface area contributed by atoms with Crippen LogP contribution in [0.15, 0.2) is 4.47 Å². The molecule has 0 bridgehead atoms. The Morgan fingerprint density at radius 3 is 2.90 bits per heavy atom. The molecule has 0 saturated heterocycles. The van der Waals surface area contributed by atoms with E-state index in [0.29, 0.717) is 6.54 Å². The molecule has 2 N–H and O–H groups in total. The summed E-state index contributed by atoms with van der Waals surface area (Å²) in [6.45, 7) is 3.56. The average Bonchev–Trinajstić information content (AvgIpc) is 2.97. The van der Waals surface area contributed by atoms with E-state index >= 15 is 0 Å². The van der Waals surface area contributed by atoms with Crippen LogP contribution in [0.1, 0.15) is 37.6 Å². The molecule has 1 aliphatic carbocycles. The van der Waals surface area contributed by atoms with Crippen molar-refractivity contribution < 1.29 is 9.90 Å². The van der Waals surface area contributed by atoms with E-state index in [1.165, 1.54) is 0 Å². The monoisotopic (exact) mass is 343 g/mol. The summed E-state index contributed by atoms with van der Waals surface area (Å²) in [6.07, 6.45) is 3.75. The minimum Gasteiger partial charge on any atom is -0.481 e. The maximum absolute atomic E-state index is 11.1. The number of carboxylic acids is 1. The lowest BCUT2D eigenvalue weighted by Gasteiger charge is -2.16. The minimum atomic E-state index is -0.649. The van der Waals surface area contributed by atoms with Crippen molar-refractivity contribution in [3.63, 3.8) is 0 Å². The first-order valence-corrected chi connectivity index (χ1v) is 7.97. The van der Waals surface area contributed by atoms with Crippen molar-refractivity contribution in [3.8, 4) is 0 Å². The Balaban J connectivity index is 1.90. The Hall–Kier alpha value is -0.880. The number of aryl methyl sites for hydroxylation is 2. The highest BCUT2D eigenvalue weighted by Crippen LogP contribution is 2.31. The number of hydrogen-bond acceptors (Lipinski definition) is 3. The van der Waals surface area contributed by atoms with Gasteiger partial charge in [0.25, 0.3) is 0 Å². The van der Waals surface area contributed by atoms with Gasteiger partial charge in [0.05, 0.1) is 21.8 Å². The van der Waals surface area contributed by atoms with E-state index in [-0.39, 0.29) is 11.8 Å². The van der Waals surface area contributed by atoms with Crippen LogP contribution in [-0.4, -0.2) is 27.4 Å². The lowest BCUT2D eigenvalue weighted by atomic mass is 9.96. The average molecular weight is 344 g/mol. The van der Waals surface area contributed by atoms with Gasteiger partial charge < -0.3 is 10.4 Å². The van der Waals surface area contributed by atoms with Gasteiger partial charge in [0.15, 0.2) is 0 Å². The van der Waals surface area contributed by atoms with Gasteiger partial charge in [0, 0.05) is 13.6 Å². The van der Waals surface area contributed by atoms with E-state index in [2.05, 4.69) is 33.3 Å². The van der Waals surface area contributed by atoms with Gasteiger partial charge >= 0.3 is 5.97 Å². The van der Waals surface area contributed by atoms with Crippen molar-refractivity contribution in [2.75, 3.05) is 6.54 Å². The summed E-state index contributed by atoms with van der Waals surface area (Å²) < 4.78 is 2.95. The molecular weight excluding hydrogens is 322 g/mol. The largest absolute Gasteiger partial charge is 0.481 e. The molecule has 0 spiro atoms. The number of carboxylic acid groups (broad SMARTS) is 1. The van der Waals surface area contributed by atoms with Gasteiger partial charge in [0.1, 0.15) is 0 Å². The number of aliphatic carboxylic acids is 1. The second-order valence-corrected chi connectivity index (χ2v) is 6.24. The second-order valence-electron chi connectivity index (χ2n) is 5.45. The van der Waals surface area contributed by atoms with Crippen molar-refractivity contribution in [3.05, 3.63) is 15.9 Å². The Bertz CT molecular complexity index is 487. The third kappa shape index (κ3) is 3.23. The predicted octanol–water partition coefficient (Wildman–Crippen LogP) is 2.34. The SMILES string of the molecule is CCc1nn(C)c(CNCC2CCCC2C(=O)O)c1Br. The van der Waals surface area contributed by atoms with Crippen LogP contribution in [0.25, 0.3) is 0 Å². The fourth-order valence-corrected chi connectivity index (χ4v) is 3.75. The van der Waals surface area contributed by atoms with E-state index in [4.69, 9.17) is 0 Å². The first kappa shape index (κ1) is 15.5. The summed E-state index contributed by atoms with van der Waals surface area (Å²) in [6, 6.07) is 0. The van der Waals surface area contributed by atoms with Crippen LogP contribution in [-0.2, 0) is 24.8 Å². The van der Waals surface area contributed by atoms with Crippen LogP contribution < -0.4 is 5.32 Å². The number of nitrogens with one attached hydrogen (secondary N) is 1. The molecule has 1 aromatic rings. The Morgan fingerprint density at radius 1 is 1.55 bits per heavy atom. The molecule has 5 nitrogen and oxygen atoms in total. The topological polar surface area (TPSA) is 67.2 Å². The van der Waals surface area contributed by atoms with Gasteiger partial charge in [-0.3, -0.25) is 9.48 Å². The van der Waals surface area contributed by atoms with Crippen molar-refractivity contribution in [1.82, 2.24) is 15.1 Å². The van der Waals surface area contributed by atoms with Crippen molar-refractivity contribution in [2.24, 2.45) is 18.9 Å². The molecule has 1 aliphatic rings. The Morgan fingerprint density at radius 2 is 2.30 bits per heavy atom. The summed E-state index contributed by atoms with van der Waals surface area (Å²) in [5, 5.41) is 17.0. The molecule has 1 heterocycles. The molecule has 1 saturated carbocycles. The van der Waals surface area contributed by atoms with Crippen LogP contribution >= 0.6 is 15.9 Å². The van der Waals surface area contributed by atoms with Crippen LogP contribution in [0.3, 0.4) is 0 Å². The quantitative estimate of drug-likeness (QED) is 0.831. The van der Waals surface area contributed by atoms with E-state index < -0.39 is 5.97 Å². The standard InChI is InChI=1S/C14H22BrN3O2/c1-3-11-13(15)12(18(2)17-11)8-16-7-9-5-4-6-10(9)14(19)20/h9-10,16H,3-8H2,1-2H3,(H,19,20). The maximum Gasteiger partial charge on any atom is 0.306 e. The summed E-state index contributed by atoms with van der Waals surface area (Å²) in [4.78, 5) is 11.1. The lowest BCUT2D eigenvalue weighted by Crippen LogP contribution is -2.29. The first-order valence-electron chi connectivity index (χ1n) is 7.18. The predicted molar refractivity (Wildman–Crippen MR) is 80.5 cm³/mol. The third-order valence-electron chi connectivity index (χ3n) is 4.18. The minimum absolute atomic E-state index is 0.177. The van der Waals surface area contributed by atoms with Crippen molar-refractivity contribution >= 4 is 21.9 Å². The van der Waals surface area contributed by atoms with Gasteiger partial charge in [-0.05, 0) is 47.7 Å². The zero-order valence-electron chi connectivity index (χ0n) is 12.0. The number of carbonyl (C=O) groups is 1. The highest BCUT2D eigenvalue weighted by molar-refractivity contribution is 9.10. The molecule has 0 radical (unpaired) electrons. The smallest absolute Gasteiger partial charge is 0.306 e. The third-order valence-corrected chi connectivity index (χ3v) is 5.09. The van der Waals surface area contributed by atoms with E-state index in [9.17, 15) is 9.90 Å². The Labute approximate surface area is 127 Å². The normalized spacial score (nSPS) is 22.4. The van der Waals surface area contributed by atoms with Gasteiger partial charge in [0.2, 0.25) is 0 Å². The highest BCUT2D eigenvalue weighted by Gasteiger charge is 2.32. The van der Waals surface area contributed by atoms with Crippen molar-refractivity contribution in [2.45, 2.75) is 39.2 Å². The molecule has 2 rings (SSSR count). The number of nitrogens with zero attached hydrogens (tertiary/aromatic N) is 2. The molecule has 0 aromatic carbocycles. The van der Waals surface area contributed by atoms with Gasteiger partial charge in [-0.25, -0.2) is 0 Å². The van der Waals surface area contributed by atoms with Crippen LogP contribution in [0.2, 0.25) is 0 Å². The van der Waals surface area contributed by atoms with Gasteiger partial charge in [-0.15, -0.1) is 0 Å². The van der Waals surface area contributed by atoms with E-state index in [1.807, 2.05) is 11.7 Å². The molecule has 2 unspecified atom stereocenters. The number of halogens is 1. The lowest BCUT2D eigenvalue weighted by molar-refractivity contribution is -0.142. The number of aromatic nitrogens is 2. The maximum atomic E-state index is 11.1. The molecule has 0 amide bonds.